The second-order valence-corrected chi connectivity index (χ2v) is 5.52. The molecule has 0 heterocycles. The number of nitrogens with one attached hydrogen (secondary N) is 1. The van der Waals surface area contributed by atoms with Gasteiger partial charge in [-0.25, -0.2) is 0 Å². The summed E-state index contributed by atoms with van der Waals surface area (Å²) in [6.45, 7) is 0. The van der Waals surface area contributed by atoms with Crippen molar-refractivity contribution in [2.24, 2.45) is 17.8 Å². The normalized spacial score (nSPS) is 26.5. The lowest BCUT2D eigenvalue weighted by molar-refractivity contribution is -0.140. The van der Waals surface area contributed by atoms with Crippen molar-refractivity contribution >= 4 is 11.9 Å². The molecule has 0 bridgehead atoms. The van der Waals surface area contributed by atoms with Gasteiger partial charge in [-0.05, 0) is 30.7 Å². The largest absolute Gasteiger partial charge is 0.481 e. The van der Waals surface area contributed by atoms with Crippen molar-refractivity contribution in [3.05, 3.63) is 35.9 Å². The summed E-state index contributed by atoms with van der Waals surface area (Å²) in [6, 6.07) is 9.97. The topological polar surface area (TPSA) is 66.4 Å². The Morgan fingerprint density at radius 2 is 1.84 bits per heavy atom. The highest BCUT2D eigenvalue weighted by molar-refractivity contribution is 5.89. The van der Waals surface area contributed by atoms with Crippen molar-refractivity contribution in [3.8, 4) is 0 Å². The highest BCUT2D eigenvalue weighted by Crippen LogP contribution is 2.43. The van der Waals surface area contributed by atoms with Crippen molar-refractivity contribution in [3.63, 3.8) is 0 Å². The van der Waals surface area contributed by atoms with E-state index < -0.39 is 11.9 Å². The van der Waals surface area contributed by atoms with Crippen molar-refractivity contribution in [1.29, 1.82) is 0 Å². The first kappa shape index (κ1) is 12.2. The van der Waals surface area contributed by atoms with E-state index in [1.165, 1.54) is 0 Å². The number of benzene rings is 1. The zero-order valence-corrected chi connectivity index (χ0v) is 10.6. The van der Waals surface area contributed by atoms with Crippen LogP contribution in [0.15, 0.2) is 30.3 Å². The Morgan fingerprint density at radius 1 is 1.16 bits per heavy atom. The molecule has 1 aromatic rings. The molecule has 0 unspecified atom stereocenters. The van der Waals surface area contributed by atoms with Crippen LogP contribution in [0.4, 0.5) is 0 Å². The highest BCUT2D eigenvalue weighted by Gasteiger charge is 2.49. The molecule has 0 spiro atoms. The van der Waals surface area contributed by atoms with Crippen molar-refractivity contribution in [2.45, 2.75) is 25.3 Å². The summed E-state index contributed by atoms with van der Waals surface area (Å²) in [6.07, 6.45) is 2.74. The summed E-state index contributed by atoms with van der Waals surface area (Å²) >= 11 is 0. The number of aliphatic carboxylic acids is 1. The average Bonchev–Trinajstić information content (AvgIpc) is 3.29. The van der Waals surface area contributed by atoms with Crippen LogP contribution in [-0.2, 0) is 9.59 Å². The molecule has 0 aromatic heterocycles. The van der Waals surface area contributed by atoms with Crippen molar-refractivity contribution in [1.82, 2.24) is 5.32 Å². The molecule has 0 radical (unpaired) electrons. The van der Waals surface area contributed by atoms with Gasteiger partial charge in [0.2, 0.25) is 5.91 Å². The first-order valence-corrected chi connectivity index (χ1v) is 6.75. The second kappa shape index (κ2) is 4.68. The van der Waals surface area contributed by atoms with Crippen LogP contribution in [0.3, 0.4) is 0 Å². The van der Waals surface area contributed by atoms with Gasteiger partial charge in [-0.15, -0.1) is 0 Å². The summed E-state index contributed by atoms with van der Waals surface area (Å²) < 4.78 is 0. The Kier molecular flexibility index (Phi) is 3.01. The molecule has 2 fully saturated rings. The second-order valence-electron chi connectivity index (χ2n) is 5.52. The molecule has 0 aliphatic heterocycles. The molecule has 2 saturated carbocycles. The number of carboxylic acids is 1. The fourth-order valence-electron chi connectivity index (χ4n) is 2.58. The first-order valence-electron chi connectivity index (χ1n) is 6.75. The average molecular weight is 259 g/mol. The Balaban J connectivity index is 1.66. The fraction of sp³-hybridized carbons (Fsp3) is 0.467. The van der Waals surface area contributed by atoms with E-state index in [-0.39, 0.29) is 17.9 Å². The Morgan fingerprint density at radius 3 is 2.37 bits per heavy atom. The van der Waals surface area contributed by atoms with E-state index in [0.29, 0.717) is 12.3 Å². The lowest BCUT2D eigenvalue weighted by Crippen LogP contribution is -2.32. The minimum Gasteiger partial charge on any atom is -0.481 e. The van der Waals surface area contributed by atoms with Crippen LogP contribution in [0.25, 0.3) is 0 Å². The summed E-state index contributed by atoms with van der Waals surface area (Å²) in [5.74, 6) is -1.26. The third kappa shape index (κ3) is 2.62. The van der Waals surface area contributed by atoms with Crippen LogP contribution in [0.5, 0.6) is 0 Å². The maximum absolute atomic E-state index is 12.1. The van der Waals surface area contributed by atoms with Crippen LogP contribution in [-0.4, -0.2) is 17.0 Å². The van der Waals surface area contributed by atoms with E-state index in [1.807, 2.05) is 30.3 Å². The quantitative estimate of drug-likeness (QED) is 0.849. The zero-order valence-electron chi connectivity index (χ0n) is 10.6. The number of carbonyl (C=O) groups is 2. The van der Waals surface area contributed by atoms with Gasteiger partial charge in [0.1, 0.15) is 0 Å². The van der Waals surface area contributed by atoms with E-state index in [0.717, 1.165) is 18.4 Å². The molecular weight excluding hydrogens is 242 g/mol. The number of hydrogen-bond donors (Lipinski definition) is 2. The minimum absolute atomic E-state index is 0.0451. The number of carboxylic acid groups (broad SMARTS) is 1. The van der Waals surface area contributed by atoms with Crippen molar-refractivity contribution < 1.29 is 14.7 Å². The van der Waals surface area contributed by atoms with E-state index in [9.17, 15) is 9.59 Å². The molecule has 1 aromatic carbocycles. The summed E-state index contributed by atoms with van der Waals surface area (Å²) in [7, 11) is 0. The molecule has 2 N–H and O–H groups in total. The maximum Gasteiger partial charge on any atom is 0.307 e. The Hall–Kier alpha value is -1.84. The highest BCUT2D eigenvalue weighted by atomic mass is 16.4. The summed E-state index contributed by atoms with van der Waals surface area (Å²) in [4.78, 5) is 22.9. The smallest absolute Gasteiger partial charge is 0.307 e. The lowest BCUT2D eigenvalue weighted by Gasteiger charge is -2.18. The van der Waals surface area contributed by atoms with Crippen LogP contribution in [0.2, 0.25) is 0 Å². The minimum atomic E-state index is -0.858. The van der Waals surface area contributed by atoms with E-state index in [1.54, 1.807) is 0 Å². The number of carbonyl (C=O) groups excluding carboxylic acids is 1. The third-order valence-electron chi connectivity index (χ3n) is 3.99. The van der Waals surface area contributed by atoms with Crippen LogP contribution in [0, 0.1) is 17.8 Å². The van der Waals surface area contributed by atoms with Crippen LogP contribution < -0.4 is 5.32 Å². The van der Waals surface area contributed by atoms with Crippen LogP contribution >= 0.6 is 0 Å². The van der Waals surface area contributed by atoms with Gasteiger partial charge in [-0.2, -0.15) is 0 Å². The van der Waals surface area contributed by atoms with Gasteiger partial charge in [-0.3, -0.25) is 9.59 Å². The van der Waals surface area contributed by atoms with Gasteiger partial charge < -0.3 is 10.4 Å². The lowest BCUT2D eigenvalue weighted by atomic mass is 10.0. The Bertz CT molecular complexity index is 495. The van der Waals surface area contributed by atoms with Gasteiger partial charge in [0.15, 0.2) is 0 Å². The predicted octanol–water partition coefficient (Wildman–Crippen LogP) is 1.97. The molecule has 100 valence electrons. The molecule has 1 amide bonds. The zero-order chi connectivity index (χ0) is 13.4. The molecule has 0 saturated heterocycles. The first-order chi connectivity index (χ1) is 9.16. The molecule has 3 rings (SSSR count). The fourth-order valence-corrected chi connectivity index (χ4v) is 2.58. The molecular formula is C15H17NO3. The van der Waals surface area contributed by atoms with E-state index >= 15 is 0 Å². The van der Waals surface area contributed by atoms with E-state index in [2.05, 4.69) is 5.32 Å². The number of rotatable bonds is 5. The van der Waals surface area contributed by atoms with Gasteiger partial charge in [0.25, 0.3) is 0 Å². The number of hydrogen-bond acceptors (Lipinski definition) is 2. The maximum atomic E-state index is 12.1. The van der Waals surface area contributed by atoms with Gasteiger partial charge >= 0.3 is 5.97 Å². The van der Waals surface area contributed by atoms with E-state index in [4.69, 9.17) is 5.11 Å². The van der Waals surface area contributed by atoms with Crippen molar-refractivity contribution in [2.75, 3.05) is 0 Å². The monoisotopic (exact) mass is 259 g/mol. The molecule has 3 atom stereocenters. The van der Waals surface area contributed by atoms with Gasteiger partial charge in [0.05, 0.1) is 17.9 Å². The predicted molar refractivity (Wildman–Crippen MR) is 69.3 cm³/mol. The summed E-state index contributed by atoms with van der Waals surface area (Å²) in [5, 5.41) is 11.9. The van der Waals surface area contributed by atoms with Crippen LogP contribution in [0.1, 0.15) is 30.9 Å². The third-order valence-corrected chi connectivity index (χ3v) is 3.99. The molecule has 4 nitrogen and oxygen atoms in total. The Labute approximate surface area is 111 Å². The molecule has 4 heteroatoms. The summed E-state index contributed by atoms with van der Waals surface area (Å²) in [5.41, 5.74) is 1.12. The molecule has 2 aliphatic rings. The SMILES string of the molecule is O=C(O)[C@@H]1C[C@H]1C(=O)N[C@@H](c1ccccc1)C1CC1. The van der Waals surface area contributed by atoms with Gasteiger partial charge in [0, 0.05) is 0 Å². The van der Waals surface area contributed by atoms with Gasteiger partial charge in [-0.1, -0.05) is 30.3 Å². The number of amides is 1. The standard InChI is InChI=1S/C15H17NO3/c17-14(11-8-12(11)15(18)19)16-13(10-6-7-10)9-4-2-1-3-5-9/h1-5,10-13H,6-8H2,(H,16,17)(H,18,19)/t11-,12-,13+/m1/s1. The molecule has 19 heavy (non-hydrogen) atoms. The molecule has 2 aliphatic carbocycles.